The van der Waals surface area contributed by atoms with Crippen molar-refractivity contribution in [3.8, 4) is 0 Å². The molecule has 0 heterocycles. The summed E-state index contributed by atoms with van der Waals surface area (Å²) in [6.45, 7) is 8.11. The lowest BCUT2D eigenvalue weighted by Gasteiger charge is -2.23. The molecule has 0 aliphatic heterocycles. The minimum Gasteiger partial charge on any atom is -0.326 e. The van der Waals surface area contributed by atoms with E-state index in [-0.39, 0.29) is 11.3 Å². The lowest BCUT2D eigenvalue weighted by molar-refractivity contribution is -0.114. The number of nitrogens with one attached hydrogen (secondary N) is 1. The molecule has 1 amide bonds. The summed E-state index contributed by atoms with van der Waals surface area (Å²) in [6.07, 6.45) is 1.08. The number of anilines is 1. The van der Waals surface area contributed by atoms with E-state index in [0.29, 0.717) is 0 Å². The highest BCUT2D eigenvalue weighted by atomic mass is 16.1. The van der Waals surface area contributed by atoms with Crippen LogP contribution < -0.4 is 5.32 Å². The van der Waals surface area contributed by atoms with Crippen molar-refractivity contribution in [3.63, 3.8) is 0 Å². The van der Waals surface area contributed by atoms with Crippen molar-refractivity contribution >= 4 is 11.6 Å². The smallest absolute Gasteiger partial charge is 0.221 e. The van der Waals surface area contributed by atoms with Gasteiger partial charge in [-0.15, -0.1) is 0 Å². The zero-order valence-electron chi connectivity index (χ0n) is 9.92. The fraction of sp³-hybridized carbons (Fsp3) is 0.462. The van der Waals surface area contributed by atoms with Crippen molar-refractivity contribution in [3.05, 3.63) is 29.8 Å². The van der Waals surface area contributed by atoms with Crippen LogP contribution in [0, 0.1) is 0 Å². The Hall–Kier alpha value is -1.31. The number of amides is 1. The molecule has 2 heteroatoms. The lowest BCUT2D eigenvalue weighted by Crippen LogP contribution is -2.16. The van der Waals surface area contributed by atoms with E-state index >= 15 is 0 Å². The quantitative estimate of drug-likeness (QED) is 0.805. The molecule has 0 aliphatic rings. The Bertz CT molecular complexity index is 355. The molecular weight excluding hydrogens is 186 g/mol. The van der Waals surface area contributed by atoms with E-state index in [1.54, 1.807) is 0 Å². The van der Waals surface area contributed by atoms with E-state index in [0.717, 1.165) is 12.1 Å². The third-order valence-electron chi connectivity index (χ3n) is 2.85. The summed E-state index contributed by atoms with van der Waals surface area (Å²) in [6, 6.07) is 8.05. The molecule has 15 heavy (non-hydrogen) atoms. The van der Waals surface area contributed by atoms with Gasteiger partial charge in [0.05, 0.1) is 0 Å². The van der Waals surface area contributed by atoms with Crippen molar-refractivity contribution in [1.82, 2.24) is 0 Å². The van der Waals surface area contributed by atoms with Gasteiger partial charge in [-0.3, -0.25) is 4.79 Å². The van der Waals surface area contributed by atoms with Crippen LogP contribution >= 0.6 is 0 Å². The molecule has 0 spiro atoms. The van der Waals surface area contributed by atoms with E-state index in [1.165, 1.54) is 12.5 Å². The molecule has 1 aromatic carbocycles. The van der Waals surface area contributed by atoms with Crippen LogP contribution in [0.4, 0.5) is 5.69 Å². The zero-order valence-corrected chi connectivity index (χ0v) is 9.92. The van der Waals surface area contributed by atoms with Crippen LogP contribution in [-0.4, -0.2) is 5.91 Å². The molecular formula is C13H19NO. The maximum Gasteiger partial charge on any atom is 0.221 e. The Kier molecular flexibility index (Phi) is 3.51. The molecule has 0 fully saturated rings. The molecule has 82 valence electrons. The topological polar surface area (TPSA) is 29.1 Å². The second-order valence-electron chi connectivity index (χ2n) is 4.50. The second-order valence-corrected chi connectivity index (χ2v) is 4.50. The number of carbonyl (C=O) groups excluding carboxylic acids is 1. The number of hydrogen-bond donors (Lipinski definition) is 1. The Balaban J connectivity index is 2.97. The molecule has 0 radical (unpaired) electrons. The Morgan fingerprint density at radius 2 is 2.07 bits per heavy atom. The number of carbonyl (C=O) groups is 1. The summed E-state index contributed by atoms with van der Waals surface area (Å²) >= 11 is 0. The number of rotatable bonds is 3. The summed E-state index contributed by atoms with van der Waals surface area (Å²) in [5.41, 5.74) is 2.30. The molecule has 0 saturated heterocycles. The lowest BCUT2D eigenvalue weighted by atomic mass is 9.82. The summed E-state index contributed by atoms with van der Waals surface area (Å²) in [5, 5.41) is 2.80. The fourth-order valence-corrected chi connectivity index (χ4v) is 1.43. The highest BCUT2D eigenvalue weighted by molar-refractivity contribution is 5.88. The van der Waals surface area contributed by atoms with Crippen LogP contribution in [0.2, 0.25) is 0 Å². The molecule has 1 aromatic rings. The van der Waals surface area contributed by atoms with Gasteiger partial charge >= 0.3 is 0 Å². The minimum atomic E-state index is -0.0264. The van der Waals surface area contributed by atoms with E-state index in [1.807, 2.05) is 18.2 Å². The van der Waals surface area contributed by atoms with E-state index in [4.69, 9.17) is 0 Å². The zero-order chi connectivity index (χ0) is 11.5. The standard InChI is InChI=1S/C13H19NO/c1-5-13(3,4)11-7-6-8-12(9-11)14-10(2)15/h6-9H,5H2,1-4H3,(H,14,15). The number of benzene rings is 1. The highest BCUT2D eigenvalue weighted by Gasteiger charge is 2.17. The van der Waals surface area contributed by atoms with Gasteiger partial charge in [0.1, 0.15) is 0 Å². The first-order valence-corrected chi connectivity index (χ1v) is 5.34. The monoisotopic (exact) mass is 205 g/mol. The summed E-state index contributed by atoms with van der Waals surface area (Å²) in [4.78, 5) is 10.9. The molecule has 1 rings (SSSR count). The van der Waals surface area contributed by atoms with Crippen LogP contribution in [0.25, 0.3) is 0 Å². The van der Waals surface area contributed by atoms with Gasteiger partial charge in [-0.05, 0) is 29.5 Å². The van der Waals surface area contributed by atoms with Gasteiger partial charge in [-0.2, -0.15) is 0 Å². The molecule has 0 unspecified atom stereocenters. The van der Waals surface area contributed by atoms with E-state index < -0.39 is 0 Å². The third-order valence-corrected chi connectivity index (χ3v) is 2.85. The Morgan fingerprint density at radius 3 is 2.60 bits per heavy atom. The van der Waals surface area contributed by atoms with Crippen LogP contribution in [0.15, 0.2) is 24.3 Å². The average molecular weight is 205 g/mol. The Morgan fingerprint density at radius 1 is 1.40 bits per heavy atom. The van der Waals surface area contributed by atoms with Crippen LogP contribution in [-0.2, 0) is 10.2 Å². The van der Waals surface area contributed by atoms with Crippen molar-refractivity contribution in [1.29, 1.82) is 0 Å². The molecule has 2 nitrogen and oxygen atoms in total. The highest BCUT2D eigenvalue weighted by Crippen LogP contribution is 2.28. The van der Waals surface area contributed by atoms with Gasteiger partial charge in [0.25, 0.3) is 0 Å². The first-order chi connectivity index (χ1) is 6.95. The maximum atomic E-state index is 10.9. The Labute approximate surface area is 91.7 Å². The van der Waals surface area contributed by atoms with Crippen LogP contribution in [0.3, 0.4) is 0 Å². The second kappa shape index (κ2) is 4.47. The first kappa shape index (κ1) is 11.8. The predicted molar refractivity (Wildman–Crippen MR) is 64.1 cm³/mol. The first-order valence-electron chi connectivity index (χ1n) is 5.34. The van der Waals surface area contributed by atoms with Crippen LogP contribution in [0.1, 0.15) is 39.7 Å². The van der Waals surface area contributed by atoms with Gasteiger partial charge in [-0.25, -0.2) is 0 Å². The molecule has 0 atom stereocenters. The van der Waals surface area contributed by atoms with Gasteiger partial charge in [0, 0.05) is 12.6 Å². The SMILES string of the molecule is CCC(C)(C)c1cccc(NC(C)=O)c1. The fourth-order valence-electron chi connectivity index (χ4n) is 1.43. The largest absolute Gasteiger partial charge is 0.326 e. The molecule has 0 bridgehead atoms. The summed E-state index contributed by atoms with van der Waals surface area (Å²) in [7, 11) is 0. The van der Waals surface area contributed by atoms with Crippen molar-refractivity contribution in [2.24, 2.45) is 0 Å². The van der Waals surface area contributed by atoms with Gasteiger partial charge < -0.3 is 5.32 Å². The van der Waals surface area contributed by atoms with Crippen molar-refractivity contribution in [2.75, 3.05) is 5.32 Å². The van der Waals surface area contributed by atoms with Gasteiger partial charge in [0.15, 0.2) is 0 Å². The molecule has 0 aromatic heterocycles. The van der Waals surface area contributed by atoms with E-state index in [2.05, 4.69) is 32.2 Å². The normalized spacial score (nSPS) is 11.2. The minimum absolute atomic E-state index is 0.0264. The molecule has 1 N–H and O–H groups in total. The summed E-state index contributed by atoms with van der Waals surface area (Å²) < 4.78 is 0. The van der Waals surface area contributed by atoms with Gasteiger partial charge in [0.2, 0.25) is 5.91 Å². The van der Waals surface area contributed by atoms with Crippen LogP contribution in [0.5, 0.6) is 0 Å². The molecule has 0 aliphatic carbocycles. The summed E-state index contributed by atoms with van der Waals surface area (Å²) in [5.74, 6) is -0.0264. The van der Waals surface area contributed by atoms with Crippen molar-refractivity contribution in [2.45, 2.75) is 39.5 Å². The maximum absolute atomic E-state index is 10.9. The van der Waals surface area contributed by atoms with Gasteiger partial charge in [-0.1, -0.05) is 32.9 Å². The number of hydrogen-bond acceptors (Lipinski definition) is 1. The third kappa shape index (κ3) is 3.08. The molecule has 0 saturated carbocycles. The van der Waals surface area contributed by atoms with Crippen molar-refractivity contribution < 1.29 is 4.79 Å². The predicted octanol–water partition coefficient (Wildman–Crippen LogP) is 3.33. The van der Waals surface area contributed by atoms with E-state index in [9.17, 15) is 4.79 Å². The average Bonchev–Trinajstić information content (AvgIpc) is 2.17.